The lowest BCUT2D eigenvalue weighted by atomic mass is 10.1. The van der Waals surface area contributed by atoms with Crippen LogP contribution in [-0.2, 0) is 4.74 Å². The zero-order valence-electron chi connectivity index (χ0n) is 10.6. The number of ether oxygens (including phenoxy) is 1. The van der Waals surface area contributed by atoms with Crippen molar-refractivity contribution in [1.29, 1.82) is 0 Å². The second kappa shape index (κ2) is 5.26. The first-order valence-corrected chi connectivity index (χ1v) is 7.24. The standard InChI is InChI=1S/C11H14N4O4S/c1-20-10-7-5(12-4-13-10)2-15(14-7)11-9(18)8(17)6(3-16)19-11/h2,4,6,8-9,11,16-18H,3H2,1H3/t6-,8-,9-,11+/m1/s1. The number of hydrogen-bond acceptors (Lipinski definition) is 8. The fourth-order valence-corrected chi connectivity index (χ4v) is 2.70. The normalized spacial score (nSPS) is 30.2. The molecule has 0 spiro atoms. The molecule has 0 unspecified atom stereocenters. The minimum Gasteiger partial charge on any atom is -0.394 e. The molecule has 2 aromatic rings. The van der Waals surface area contributed by atoms with E-state index in [4.69, 9.17) is 9.84 Å². The number of hydrogen-bond donors (Lipinski definition) is 3. The molecule has 0 bridgehead atoms. The van der Waals surface area contributed by atoms with Gasteiger partial charge in [0.05, 0.1) is 12.8 Å². The second-order valence-electron chi connectivity index (χ2n) is 4.45. The van der Waals surface area contributed by atoms with Crippen LogP contribution in [0.25, 0.3) is 11.0 Å². The average molecular weight is 298 g/mol. The van der Waals surface area contributed by atoms with Crippen LogP contribution >= 0.6 is 11.8 Å². The third-order valence-electron chi connectivity index (χ3n) is 3.26. The molecule has 2 aromatic heterocycles. The van der Waals surface area contributed by atoms with E-state index in [1.54, 1.807) is 6.20 Å². The summed E-state index contributed by atoms with van der Waals surface area (Å²) in [4.78, 5) is 8.22. The first-order valence-electron chi connectivity index (χ1n) is 6.02. The molecule has 0 saturated carbocycles. The molecule has 3 heterocycles. The SMILES string of the molecule is CSc1ncnc2cn([C@H]3O[C@H](CO)[C@@H](O)[C@H]3O)nc12. The van der Waals surface area contributed by atoms with Gasteiger partial charge in [-0.2, -0.15) is 5.10 Å². The van der Waals surface area contributed by atoms with Gasteiger partial charge in [-0.05, 0) is 6.26 Å². The lowest BCUT2D eigenvalue weighted by Gasteiger charge is -2.14. The number of aromatic nitrogens is 4. The maximum absolute atomic E-state index is 9.98. The highest BCUT2D eigenvalue weighted by Crippen LogP contribution is 2.30. The Morgan fingerprint density at radius 3 is 2.80 bits per heavy atom. The van der Waals surface area contributed by atoms with E-state index in [2.05, 4.69) is 15.1 Å². The highest BCUT2D eigenvalue weighted by molar-refractivity contribution is 7.98. The molecule has 4 atom stereocenters. The van der Waals surface area contributed by atoms with Crippen molar-refractivity contribution in [2.45, 2.75) is 29.6 Å². The average Bonchev–Trinajstić information content (AvgIpc) is 3.01. The second-order valence-corrected chi connectivity index (χ2v) is 5.25. The van der Waals surface area contributed by atoms with Gasteiger partial charge in [0.2, 0.25) is 0 Å². The van der Waals surface area contributed by atoms with Gasteiger partial charge in [0.25, 0.3) is 0 Å². The van der Waals surface area contributed by atoms with Crippen LogP contribution in [-0.4, -0.2) is 66.2 Å². The van der Waals surface area contributed by atoms with Crippen molar-refractivity contribution < 1.29 is 20.1 Å². The number of nitrogens with zero attached hydrogens (tertiary/aromatic N) is 4. The molecule has 1 fully saturated rings. The van der Waals surface area contributed by atoms with Crippen molar-refractivity contribution in [3.05, 3.63) is 12.5 Å². The number of aliphatic hydroxyl groups is 3. The molecule has 0 aromatic carbocycles. The summed E-state index contributed by atoms with van der Waals surface area (Å²) in [5, 5.41) is 33.9. The third kappa shape index (κ3) is 2.07. The van der Waals surface area contributed by atoms with Crippen LogP contribution in [0.1, 0.15) is 6.23 Å². The molecular weight excluding hydrogens is 284 g/mol. The number of thioether (sulfide) groups is 1. The highest BCUT2D eigenvalue weighted by atomic mass is 32.2. The molecule has 9 heteroatoms. The zero-order chi connectivity index (χ0) is 14.3. The Morgan fingerprint density at radius 1 is 1.35 bits per heavy atom. The van der Waals surface area contributed by atoms with Gasteiger partial charge in [0, 0.05) is 0 Å². The van der Waals surface area contributed by atoms with Crippen LogP contribution < -0.4 is 0 Å². The maximum atomic E-state index is 9.98. The van der Waals surface area contributed by atoms with Crippen molar-refractivity contribution in [2.24, 2.45) is 0 Å². The van der Waals surface area contributed by atoms with Crippen molar-refractivity contribution in [3.63, 3.8) is 0 Å². The van der Waals surface area contributed by atoms with Crippen LogP contribution in [0.2, 0.25) is 0 Å². The molecule has 0 amide bonds. The molecule has 20 heavy (non-hydrogen) atoms. The van der Waals surface area contributed by atoms with E-state index in [0.29, 0.717) is 11.0 Å². The number of aliphatic hydroxyl groups excluding tert-OH is 3. The Bertz CT molecular complexity index is 621. The molecule has 1 aliphatic rings. The predicted molar refractivity (Wildman–Crippen MR) is 70.1 cm³/mol. The van der Waals surface area contributed by atoms with Gasteiger partial charge < -0.3 is 20.1 Å². The van der Waals surface area contributed by atoms with Gasteiger partial charge in [-0.25, -0.2) is 14.6 Å². The van der Waals surface area contributed by atoms with Gasteiger partial charge in [0.1, 0.15) is 40.7 Å². The first-order chi connectivity index (χ1) is 9.65. The van der Waals surface area contributed by atoms with Crippen LogP contribution in [0, 0.1) is 0 Å². The Kier molecular flexibility index (Phi) is 3.61. The molecule has 1 saturated heterocycles. The summed E-state index contributed by atoms with van der Waals surface area (Å²) in [5.41, 5.74) is 1.24. The molecule has 0 aliphatic carbocycles. The molecular formula is C11H14N4O4S. The first kappa shape index (κ1) is 13.7. The topological polar surface area (TPSA) is 114 Å². The summed E-state index contributed by atoms with van der Waals surface area (Å²) in [7, 11) is 0. The lowest BCUT2D eigenvalue weighted by molar-refractivity contribution is -0.0583. The smallest absolute Gasteiger partial charge is 0.179 e. The minimum atomic E-state index is -1.16. The Labute approximate surface area is 118 Å². The van der Waals surface area contributed by atoms with E-state index in [9.17, 15) is 10.2 Å². The lowest BCUT2D eigenvalue weighted by Crippen LogP contribution is -2.33. The zero-order valence-corrected chi connectivity index (χ0v) is 11.4. The summed E-state index contributed by atoms with van der Waals surface area (Å²) in [6.45, 7) is -0.370. The third-order valence-corrected chi connectivity index (χ3v) is 3.94. The summed E-state index contributed by atoms with van der Waals surface area (Å²) in [5.74, 6) is 0. The predicted octanol–water partition coefficient (Wildman–Crippen LogP) is -0.840. The highest BCUT2D eigenvalue weighted by Gasteiger charge is 2.43. The fourth-order valence-electron chi connectivity index (χ4n) is 2.21. The monoisotopic (exact) mass is 298 g/mol. The Morgan fingerprint density at radius 2 is 2.15 bits per heavy atom. The molecule has 0 radical (unpaired) electrons. The van der Waals surface area contributed by atoms with Gasteiger partial charge in [-0.15, -0.1) is 11.8 Å². The van der Waals surface area contributed by atoms with Gasteiger partial charge in [-0.1, -0.05) is 0 Å². The van der Waals surface area contributed by atoms with Crippen LogP contribution in [0.3, 0.4) is 0 Å². The van der Waals surface area contributed by atoms with E-state index >= 15 is 0 Å². The minimum absolute atomic E-state index is 0.370. The molecule has 108 valence electrons. The summed E-state index contributed by atoms with van der Waals surface area (Å²) in [6.07, 6.45) is 0.956. The fraction of sp³-hybridized carbons (Fsp3) is 0.545. The maximum Gasteiger partial charge on any atom is 0.179 e. The Balaban J connectivity index is 1.99. The number of rotatable bonds is 3. The quantitative estimate of drug-likeness (QED) is 0.496. The van der Waals surface area contributed by atoms with Crippen molar-refractivity contribution in [3.8, 4) is 0 Å². The van der Waals surface area contributed by atoms with Crippen molar-refractivity contribution in [2.75, 3.05) is 12.9 Å². The van der Waals surface area contributed by atoms with Crippen molar-refractivity contribution in [1.82, 2.24) is 19.7 Å². The van der Waals surface area contributed by atoms with Gasteiger partial charge >= 0.3 is 0 Å². The van der Waals surface area contributed by atoms with Gasteiger partial charge in [0.15, 0.2) is 6.23 Å². The largest absolute Gasteiger partial charge is 0.394 e. The number of fused-ring (bicyclic) bond motifs is 1. The van der Waals surface area contributed by atoms with E-state index in [1.165, 1.54) is 22.8 Å². The summed E-state index contributed by atoms with van der Waals surface area (Å²) >= 11 is 1.44. The van der Waals surface area contributed by atoms with E-state index in [-0.39, 0.29) is 6.61 Å². The van der Waals surface area contributed by atoms with Crippen molar-refractivity contribution >= 4 is 22.8 Å². The van der Waals surface area contributed by atoms with Crippen LogP contribution in [0.15, 0.2) is 17.6 Å². The van der Waals surface area contributed by atoms with Gasteiger partial charge in [-0.3, -0.25) is 0 Å². The van der Waals surface area contributed by atoms with Crippen LogP contribution in [0.4, 0.5) is 0 Å². The molecule has 3 N–H and O–H groups in total. The van der Waals surface area contributed by atoms with E-state index in [1.807, 2.05) is 6.26 Å². The summed E-state index contributed by atoms with van der Waals surface area (Å²) in [6, 6.07) is 0. The molecule has 8 nitrogen and oxygen atoms in total. The molecule has 3 rings (SSSR count). The Hall–Kier alpha value is -1.26. The summed E-state index contributed by atoms with van der Waals surface area (Å²) < 4.78 is 6.83. The van der Waals surface area contributed by atoms with Crippen LogP contribution in [0.5, 0.6) is 0 Å². The van der Waals surface area contributed by atoms with E-state index < -0.39 is 24.5 Å². The molecule has 1 aliphatic heterocycles. The van der Waals surface area contributed by atoms with E-state index in [0.717, 1.165) is 5.03 Å².